The fraction of sp³-hybridized carbons (Fsp3) is 0.150. The molecule has 27 heavy (non-hydrogen) atoms. The summed E-state index contributed by atoms with van der Waals surface area (Å²) in [5.41, 5.74) is 1.74. The number of para-hydroxylation sites is 3. The molecule has 0 saturated carbocycles. The molecule has 0 spiro atoms. The molecule has 0 aliphatic heterocycles. The maximum Gasteiger partial charge on any atom is 0.317 e. The van der Waals surface area contributed by atoms with Gasteiger partial charge in [0, 0.05) is 23.6 Å². The van der Waals surface area contributed by atoms with E-state index in [1.165, 1.54) is 4.57 Å². The summed E-state index contributed by atoms with van der Waals surface area (Å²) in [6, 6.07) is 14.9. The van der Waals surface area contributed by atoms with Gasteiger partial charge >= 0.3 is 11.1 Å². The van der Waals surface area contributed by atoms with Crippen LogP contribution in [0.25, 0.3) is 21.9 Å². The second-order valence-electron chi connectivity index (χ2n) is 6.32. The van der Waals surface area contributed by atoms with E-state index in [0.29, 0.717) is 24.0 Å². The zero-order valence-electron chi connectivity index (χ0n) is 14.5. The van der Waals surface area contributed by atoms with E-state index in [9.17, 15) is 14.4 Å². The maximum atomic E-state index is 12.3. The molecule has 0 bridgehead atoms. The fourth-order valence-corrected chi connectivity index (χ4v) is 3.25. The van der Waals surface area contributed by atoms with Gasteiger partial charge < -0.3 is 15.3 Å². The van der Waals surface area contributed by atoms with Crippen LogP contribution in [0.1, 0.15) is 5.56 Å². The van der Waals surface area contributed by atoms with Crippen molar-refractivity contribution in [2.24, 2.45) is 0 Å². The lowest BCUT2D eigenvalue weighted by molar-refractivity contribution is -0.121. The summed E-state index contributed by atoms with van der Waals surface area (Å²) < 4.78 is 1.20. The standard InChI is InChI=1S/C20H18N4O3/c25-18(21-10-9-13-11-22-15-6-2-1-5-14(13)15)12-24-17-8-4-3-7-16(17)23-19(26)20(24)27/h1-8,11,22H,9-10,12H2,(H,21,25)(H,23,26). The monoisotopic (exact) mass is 362 g/mol. The lowest BCUT2D eigenvalue weighted by Gasteiger charge is -2.10. The van der Waals surface area contributed by atoms with Gasteiger partial charge in [-0.1, -0.05) is 30.3 Å². The van der Waals surface area contributed by atoms with Crippen molar-refractivity contribution < 1.29 is 4.79 Å². The van der Waals surface area contributed by atoms with Gasteiger partial charge in [0.05, 0.1) is 11.0 Å². The number of amides is 1. The Bertz CT molecular complexity index is 1250. The topological polar surface area (TPSA) is 99.8 Å². The largest absolute Gasteiger partial charge is 0.361 e. The first kappa shape index (κ1) is 16.8. The van der Waals surface area contributed by atoms with Gasteiger partial charge in [0.25, 0.3) is 0 Å². The van der Waals surface area contributed by atoms with Gasteiger partial charge in [-0.05, 0) is 30.2 Å². The molecule has 0 atom stereocenters. The third-order valence-corrected chi connectivity index (χ3v) is 4.58. The van der Waals surface area contributed by atoms with Crippen LogP contribution in [0.3, 0.4) is 0 Å². The molecule has 136 valence electrons. The summed E-state index contributed by atoms with van der Waals surface area (Å²) in [6.45, 7) is 0.244. The first-order valence-corrected chi connectivity index (χ1v) is 8.67. The fourth-order valence-electron chi connectivity index (χ4n) is 3.25. The van der Waals surface area contributed by atoms with Gasteiger partial charge in [0.1, 0.15) is 6.54 Å². The SMILES string of the molecule is O=C(Cn1c(=O)c(=O)[nH]c2ccccc21)NCCc1c[nH]c2ccccc12. The number of aromatic amines is 2. The number of aromatic nitrogens is 3. The lowest BCUT2D eigenvalue weighted by Crippen LogP contribution is -2.40. The first-order chi connectivity index (χ1) is 13.1. The van der Waals surface area contributed by atoms with Crippen molar-refractivity contribution >= 4 is 27.8 Å². The van der Waals surface area contributed by atoms with E-state index in [0.717, 1.165) is 16.5 Å². The van der Waals surface area contributed by atoms with E-state index in [2.05, 4.69) is 15.3 Å². The zero-order valence-corrected chi connectivity index (χ0v) is 14.5. The number of hydrogen-bond donors (Lipinski definition) is 3. The summed E-state index contributed by atoms with van der Waals surface area (Å²) in [5.74, 6) is -0.312. The minimum Gasteiger partial charge on any atom is -0.361 e. The second-order valence-corrected chi connectivity index (χ2v) is 6.32. The Labute approximate surface area is 153 Å². The van der Waals surface area contributed by atoms with Gasteiger partial charge in [-0.15, -0.1) is 0 Å². The molecular weight excluding hydrogens is 344 g/mol. The lowest BCUT2D eigenvalue weighted by atomic mass is 10.1. The highest BCUT2D eigenvalue weighted by Gasteiger charge is 2.11. The molecule has 0 aliphatic carbocycles. The van der Waals surface area contributed by atoms with E-state index >= 15 is 0 Å². The number of rotatable bonds is 5. The average molecular weight is 362 g/mol. The normalized spacial score (nSPS) is 11.1. The average Bonchev–Trinajstić information content (AvgIpc) is 3.09. The van der Waals surface area contributed by atoms with Gasteiger partial charge in [-0.2, -0.15) is 0 Å². The van der Waals surface area contributed by atoms with Crippen LogP contribution in [-0.2, 0) is 17.8 Å². The Kier molecular flexibility index (Phi) is 4.33. The number of nitrogens with zero attached hydrogens (tertiary/aromatic N) is 1. The molecule has 7 nitrogen and oxygen atoms in total. The number of carbonyl (C=O) groups is 1. The molecule has 3 N–H and O–H groups in total. The van der Waals surface area contributed by atoms with E-state index in [1.54, 1.807) is 24.3 Å². The molecule has 2 heterocycles. The number of H-pyrrole nitrogens is 2. The third-order valence-electron chi connectivity index (χ3n) is 4.58. The van der Waals surface area contributed by atoms with E-state index < -0.39 is 11.1 Å². The maximum absolute atomic E-state index is 12.3. The Hall–Kier alpha value is -3.61. The first-order valence-electron chi connectivity index (χ1n) is 8.67. The van der Waals surface area contributed by atoms with Crippen LogP contribution in [0.2, 0.25) is 0 Å². The highest BCUT2D eigenvalue weighted by molar-refractivity contribution is 5.83. The van der Waals surface area contributed by atoms with Crippen LogP contribution in [0.15, 0.2) is 64.3 Å². The van der Waals surface area contributed by atoms with E-state index in [4.69, 9.17) is 0 Å². The quantitative estimate of drug-likeness (QED) is 0.470. The molecule has 0 unspecified atom stereocenters. The van der Waals surface area contributed by atoms with Crippen LogP contribution >= 0.6 is 0 Å². The Balaban J connectivity index is 1.47. The minimum atomic E-state index is -0.736. The molecule has 2 aromatic carbocycles. The number of hydrogen-bond acceptors (Lipinski definition) is 3. The van der Waals surface area contributed by atoms with E-state index in [1.807, 2.05) is 30.5 Å². The van der Waals surface area contributed by atoms with Gasteiger partial charge in [-0.3, -0.25) is 19.0 Å². The Morgan fingerprint density at radius 1 is 1.00 bits per heavy atom. The van der Waals surface area contributed by atoms with Crippen molar-refractivity contribution in [3.05, 3.63) is 81.0 Å². The van der Waals surface area contributed by atoms with Crippen LogP contribution in [0, 0.1) is 0 Å². The Morgan fingerprint density at radius 3 is 2.59 bits per heavy atom. The molecule has 4 aromatic rings. The van der Waals surface area contributed by atoms with Crippen LogP contribution in [0.5, 0.6) is 0 Å². The van der Waals surface area contributed by atoms with Gasteiger partial charge in [-0.25, -0.2) is 0 Å². The molecule has 2 aromatic heterocycles. The molecule has 1 amide bonds. The van der Waals surface area contributed by atoms with Crippen molar-refractivity contribution in [2.75, 3.05) is 6.54 Å². The Morgan fingerprint density at radius 2 is 1.74 bits per heavy atom. The summed E-state index contributed by atoms with van der Waals surface area (Å²) in [6.07, 6.45) is 2.60. The molecule has 0 fully saturated rings. The zero-order chi connectivity index (χ0) is 18.8. The molecule has 0 radical (unpaired) electrons. The summed E-state index contributed by atoms with van der Waals surface area (Å²) >= 11 is 0. The summed E-state index contributed by atoms with van der Waals surface area (Å²) in [5, 5.41) is 3.95. The van der Waals surface area contributed by atoms with Crippen molar-refractivity contribution in [3.63, 3.8) is 0 Å². The van der Waals surface area contributed by atoms with Crippen molar-refractivity contribution in [2.45, 2.75) is 13.0 Å². The van der Waals surface area contributed by atoms with E-state index in [-0.39, 0.29) is 12.5 Å². The molecule has 4 rings (SSSR count). The van der Waals surface area contributed by atoms with Crippen molar-refractivity contribution in [1.82, 2.24) is 19.9 Å². The minimum absolute atomic E-state index is 0.197. The predicted octanol–water partition coefficient (Wildman–Crippen LogP) is 1.53. The summed E-state index contributed by atoms with van der Waals surface area (Å²) in [7, 11) is 0. The van der Waals surface area contributed by atoms with Crippen LogP contribution < -0.4 is 16.4 Å². The van der Waals surface area contributed by atoms with Gasteiger partial charge in [0.15, 0.2) is 0 Å². The number of carbonyl (C=O) groups excluding carboxylic acids is 1. The van der Waals surface area contributed by atoms with Crippen LogP contribution in [-0.4, -0.2) is 27.0 Å². The highest BCUT2D eigenvalue weighted by Crippen LogP contribution is 2.17. The third kappa shape index (κ3) is 3.27. The van der Waals surface area contributed by atoms with Crippen molar-refractivity contribution in [3.8, 4) is 0 Å². The second kappa shape index (κ2) is 6.95. The predicted molar refractivity (Wildman–Crippen MR) is 104 cm³/mol. The number of benzene rings is 2. The highest BCUT2D eigenvalue weighted by atomic mass is 16.2. The number of nitrogens with one attached hydrogen (secondary N) is 3. The molecular formula is C20H18N4O3. The summed E-state index contributed by atoms with van der Waals surface area (Å²) in [4.78, 5) is 42.0. The molecule has 7 heteroatoms. The van der Waals surface area contributed by atoms with Crippen molar-refractivity contribution in [1.29, 1.82) is 0 Å². The smallest absolute Gasteiger partial charge is 0.317 e. The number of fused-ring (bicyclic) bond motifs is 2. The van der Waals surface area contributed by atoms with Gasteiger partial charge in [0.2, 0.25) is 5.91 Å². The molecule has 0 aliphatic rings. The molecule has 0 saturated heterocycles. The van der Waals surface area contributed by atoms with Crippen LogP contribution in [0.4, 0.5) is 0 Å².